The summed E-state index contributed by atoms with van der Waals surface area (Å²) in [5.41, 5.74) is 3.86. The number of aromatic amines is 1. The normalized spacial score (nSPS) is 26.8. The van der Waals surface area contributed by atoms with Gasteiger partial charge < -0.3 is 48.8 Å². The summed E-state index contributed by atoms with van der Waals surface area (Å²) < 4.78 is 72.3. The quantitative estimate of drug-likeness (QED) is 0.0483. The van der Waals surface area contributed by atoms with Crippen LogP contribution < -0.4 is 29.3 Å². The zero-order valence-corrected chi connectivity index (χ0v) is 44.1. The lowest BCUT2D eigenvalue weighted by Gasteiger charge is -2.57. The summed E-state index contributed by atoms with van der Waals surface area (Å²) in [6.07, 6.45) is 7.77. The second-order valence-corrected chi connectivity index (χ2v) is 24.9. The van der Waals surface area contributed by atoms with Crippen LogP contribution in [-0.2, 0) is 28.6 Å². The molecule has 1 amide bonds. The van der Waals surface area contributed by atoms with E-state index in [1.165, 1.54) is 17.2 Å². The molecule has 21 nitrogen and oxygen atoms in total. The number of rotatable bonds is 11. The first-order chi connectivity index (χ1) is 36.4. The molecule has 7 aliphatic rings. The molecule has 7 heterocycles. The molecule has 5 aromatic rings. The van der Waals surface area contributed by atoms with Crippen molar-refractivity contribution in [2.75, 3.05) is 67.8 Å². The van der Waals surface area contributed by atoms with E-state index in [-0.39, 0.29) is 53.6 Å². The standard InChI is InChI=1S/C53H63N8O13PS/c1-32-5-3-4-6-38(32)45-30-71-22-20-59(45)36-27-53(28-36)15-18-58(19-16-53)35-7-8-39(42(24-35)60-41-12-21-70-31-47(41)73-51-44(60)23-34-11-17-54-49(34)56-51)50(62)57-76(68,69)37-25-43(61(63)64)48-46(26-37)72-29-40(55-48)33-9-13-52(2,14-10-33)74-75(65,66)67/h3-8,11,17,23-26,33,36,40-41,45,47,55H,9-10,12-16,18-22,27-31H2,1-2H3,(H,54,56)(H,57,62)(H2,65,66,67)/t33?,40-,41+,45+,47+,52?/m1/s1. The Morgan fingerprint density at radius 3 is 2.49 bits per heavy atom. The molecule has 76 heavy (non-hydrogen) atoms. The number of morpholine rings is 1. The SMILES string of the molecule is Cc1ccccc1[C@@H]1COCCN1C1CC2(CCN(c3ccc(C(=O)NS(=O)(=O)c4cc5c(c([N+](=O)[O-])c4)N[C@@H](C4CCC(C)(OP(=O)(O)O)CC4)CO5)c(N4c5cc6cc[nH]c6nc5O[C@H]5COCC[C@@H]54)c3)CC2)C1. The number of piperidine rings is 1. The minimum atomic E-state index is -4.78. The van der Waals surface area contributed by atoms with Gasteiger partial charge in [-0.2, -0.15) is 4.98 Å². The Bertz CT molecular complexity index is 3240. The first kappa shape index (κ1) is 50.9. The van der Waals surface area contributed by atoms with E-state index in [2.05, 4.69) is 56.0 Å². The number of aromatic nitrogens is 2. The topological polar surface area (TPSA) is 260 Å². The van der Waals surface area contributed by atoms with Gasteiger partial charge in [0.1, 0.15) is 24.0 Å². The number of nitrogens with one attached hydrogen (secondary N) is 3. The zero-order chi connectivity index (χ0) is 52.7. The summed E-state index contributed by atoms with van der Waals surface area (Å²) in [6.45, 7) is 8.49. The molecule has 0 unspecified atom stereocenters. The number of amides is 1. The number of aryl methyl sites for hydroxylation is 1. The molecule has 4 atom stereocenters. The van der Waals surface area contributed by atoms with Gasteiger partial charge in [-0.3, -0.25) is 24.3 Å². The van der Waals surface area contributed by atoms with E-state index in [0.717, 1.165) is 69.1 Å². The highest BCUT2D eigenvalue weighted by Gasteiger charge is 2.50. The van der Waals surface area contributed by atoms with Gasteiger partial charge in [0.25, 0.3) is 21.6 Å². The van der Waals surface area contributed by atoms with Crippen LogP contribution in [0.1, 0.15) is 92.2 Å². The van der Waals surface area contributed by atoms with Gasteiger partial charge in [-0.15, -0.1) is 0 Å². The number of carbonyl (C=O) groups excluding carboxylic acids is 1. The minimum absolute atomic E-state index is 0.00373. The van der Waals surface area contributed by atoms with Crippen molar-refractivity contribution in [3.63, 3.8) is 0 Å². The molecular weight excluding hydrogens is 1020 g/mol. The molecular formula is C53H63N8O13PS. The van der Waals surface area contributed by atoms with Crippen molar-refractivity contribution in [1.82, 2.24) is 19.6 Å². The van der Waals surface area contributed by atoms with Crippen molar-refractivity contribution in [3.05, 3.63) is 99.7 Å². The van der Waals surface area contributed by atoms with Gasteiger partial charge >= 0.3 is 7.82 Å². The van der Waals surface area contributed by atoms with Crippen LogP contribution in [0.15, 0.2) is 77.8 Å². The lowest BCUT2D eigenvalue weighted by molar-refractivity contribution is -0.384. The summed E-state index contributed by atoms with van der Waals surface area (Å²) >= 11 is 0. The lowest BCUT2D eigenvalue weighted by Crippen LogP contribution is -2.58. The molecule has 2 aliphatic carbocycles. The van der Waals surface area contributed by atoms with E-state index in [9.17, 15) is 37.7 Å². The molecule has 2 aromatic heterocycles. The van der Waals surface area contributed by atoms with Crippen LogP contribution in [0.3, 0.4) is 0 Å². The Kier molecular flexibility index (Phi) is 13.1. The number of nitro groups is 1. The highest BCUT2D eigenvalue weighted by Crippen LogP contribution is 2.54. The van der Waals surface area contributed by atoms with Gasteiger partial charge in [0, 0.05) is 61.7 Å². The molecule has 12 rings (SSSR count). The summed E-state index contributed by atoms with van der Waals surface area (Å²) in [7, 11) is -9.50. The first-order valence-electron chi connectivity index (χ1n) is 26.3. The molecule has 404 valence electrons. The number of hydrogen-bond acceptors (Lipinski definition) is 16. The maximum Gasteiger partial charge on any atom is 0.470 e. The fraction of sp³-hybridized carbons (Fsp3) is 0.509. The number of fused-ring (bicyclic) bond motifs is 4. The van der Waals surface area contributed by atoms with E-state index < -0.39 is 57.0 Å². The number of benzene rings is 3. The molecule has 0 radical (unpaired) electrons. The summed E-state index contributed by atoms with van der Waals surface area (Å²) in [5, 5.41) is 16.7. The number of anilines is 4. The van der Waals surface area contributed by atoms with Crippen molar-refractivity contribution < 1.29 is 56.0 Å². The molecule has 3 saturated heterocycles. The van der Waals surface area contributed by atoms with Crippen molar-refractivity contribution >= 4 is 63.2 Å². The predicted molar refractivity (Wildman–Crippen MR) is 281 cm³/mol. The fourth-order valence-corrected chi connectivity index (χ4v) is 15.0. The number of hydrogen-bond donors (Lipinski definition) is 5. The zero-order valence-electron chi connectivity index (χ0n) is 42.4. The smallest absolute Gasteiger partial charge is 0.470 e. The molecule has 1 spiro atoms. The van der Waals surface area contributed by atoms with Gasteiger partial charge in [-0.1, -0.05) is 24.3 Å². The first-order valence-corrected chi connectivity index (χ1v) is 29.3. The van der Waals surface area contributed by atoms with Crippen molar-refractivity contribution in [1.29, 1.82) is 0 Å². The highest BCUT2D eigenvalue weighted by molar-refractivity contribution is 7.90. The number of phosphoric acid groups is 1. The molecule has 23 heteroatoms. The third-order valence-corrected chi connectivity index (χ3v) is 19.3. The predicted octanol–water partition coefficient (Wildman–Crippen LogP) is 7.64. The molecule has 2 saturated carbocycles. The van der Waals surface area contributed by atoms with Gasteiger partial charge in [-0.25, -0.2) is 17.7 Å². The number of ether oxygens (including phenoxy) is 4. The van der Waals surface area contributed by atoms with Crippen LogP contribution in [0.2, 0.25) is 0 Å². The summed E-state index contributed by atoms with van der Waals surface area (Å²) in [4.78, 5) is 60.2. The average molecular weight is 1080 g/mol. The van der Waals surface area contributed by atoms with Crippen molar-refractivity contribution in [3.8, 4) is 11.6 Å². The molecule has 3 aromatic carbocycles. The number of pyridine rings is 1. The van der Waals surface area contributed by atoms with Gasteiger partial charge in [0.15, 0.2) is 11.4 Å². The van der Waals surface area contributed by atoms with E-state index in [1.807, 2.05) is 29.2 Å². The molecule has 5 N–H and O–H groups in total. The maximum absolute atomic E-state index is 14.9. The molecule has 5 fully saturated rings. The second kappa shape index (κ2) is 19.6. The van der Waals surface area contributed by atoms with Crippen LogP contribution in [-0.4, -0.2) is 126 Å². The number of carbonyl (C=O) groups is 1. The number of phosphoric ester groups is 1. The molecule has 0 bridgehead atoms. The number of H-pyrrole nitrogens is 1. The Morgan fingerprint density at radius 1 is 0.947 bits per heavy atom. The Morgan fingerprint density at radius 2 is 1.72 bits per heavy atom. The highest BCUT2D eigenvalue weighted by atomic mass is 32.2. The monoisotopic (exact) mass is 1080 g/mol. The molecule has 5 aliphatic heterocycles. The lowest BCUT2D eigenvalue weighted by atomic mass is 9.59. The Labute approximate surface area is 440 Å². The van der Waals surface area contributed by atoms with E-state index in [1.54, 1.807) is 19.2 Å². The van der Waals surface area contributed by atoms with E-state index in [4.69, 9.17) is 28.5 Å². The van der Waals surface area contributed by atoms with Crippen LogP contribution in [0.5, 0.6) is 11.6 Å². The van der Waals surface area contributed by atoms with Crippen molar-refractivity contribution in [2.45, 2.75) is 112 Å². The third kappa shape index (κ3) is 9.69. The summed E-state index contributed by atoms with van der Waals surface area (Å²) in [6, 6.07) is 20.0. The fourth-order valence-electron chi connectivity index (χ4n) is 13.2. The van der Waals surface area contributed by atoms with E-state index >= 15 is 0 Å². The average Bonchev–Trinajstić information content (AvgIpc) is 3.86. The number of nitro benzene ring substituents is 1. The Balaban J connectivity index is 0.818. The third-order valence-electron chi connectivity index (χ3n) is 17.3. The second-order valence-electron chi connectivity index (χ2n) is 22.1. The largest absolute Gasteiger partial charge is 0.489 e. The van der Waals surface area contributed by atoms with Crippen LogP contribution in [0.4, 0.5) is 28.4 Å². The van der Waals surface area contributed by atoms with E-state index in [0.29, 0.717) is 74.3 Å². The summed E-state index contributed by atoms with van der Waals surface area (Å²) in [5.74, 6) is -0.764. The maximum atomic E-state index is 14.9. The van der Waals surface area contributed by atoms with Gasteiger partial charge in [-0.05, 0) is 124 Å². The van der Waals surface area contributed by atoms with Crippen LogP contribution in [0.25, 0.3) is 11.0 Å². The van der Waals surface area contributed by atoms with Crippen LogP contribution >= 0.6 is 7.82 Å². The number of sulfonamides is 1. The van der Waals surface area contributed by atoms with Crippen molar-refractivity contribution in [2.24, 2.45) is 11.3 Å². The van der Waals surface area contributed by atoms with Gasteiger partial charge in [0.05, 0.1) is 64.6 Å². The Hall–Kier alpha value is -5.84. The van der Waals surface area contributed by atoms with Crippen LogP contribution in [0, 0.1) is 28.4 Å². The minimum Gasteiger partial charge on any atom is -0.489 e. The number of nitrogens with zero attached hydrogens (tertiary/aromatic N) is 5. The van der Waals surface area contributed by atoms with Gasteiger partial charge in [0.2, 0.25) is 5.88 Å².